The third kappa shape index (κ3) is 2.63. The Bertz CT molecular complexity index is 477. The Morgan fingerprint density at radius 2 is 2.00 bits per heavy atom. The van der Waals surface area contributed by atoms with Crippen molar-refractivity contribution in [1.82, 2.24) is 4.98 Å². The maximum Gasteiger partial charge on any atom is 0.213 e. The van der Waals surface area contributed by atoms with E-state index in [1.54, 1.807) is 0 Å². The van der Waals surface area contributed by atoms with Crippen LogP contribution >= 0.6 is 0 Å². The van der Waals surface area contributed by atoms with Crippen LogP contribution in [0.4, 0.5) is 0 Å². The first-order valence-electron chi connectivity index (χ1n) is 5.66. The van der Waals surface area contributed by atoms with Gasteiger partial charge in [0.1, 0.15) is 12.7 Å². The Hall–Kier alpha value is -1.87. The van der Waals surface area contributed by atoms with E-state index in [4.69, 9.17) is 9.47 Å². The Morgan fingerprint density at radius 1 is 1.18 bits per heavy atom. The maximum atomic E-state index is 5.60. The number of pyridine rings is 1. The third-order valence-corrected chi connectivity index (χ3v) is 2.69. The van der Waals surface area contributed by atoms with Gasteiger partial charge in [-0.2, -0.15) is 0 Å². The minimum atomic E-state index is 0.255. The van der Waals surface area contributed by atoms with Crippen LogP contribution in [0.25, 0.3) is 0 Å². The summed E-state index contributed by atoms with van der Waals surface area (Å²) in [7, 11) is 0. The average molecular weight is 227 g/mol. The van der Waals surface area contributed by atoms with Crippen LogP contribution in [-0.4, -0.2) is 11.6 Å². The number of hydrogen-bond donors (Lipinski definition) is 0. The maximum absolute atomic E-state index is 5.60. The second-order valence-electron chi connectivity index (χ2n) is 4.03. The number of aromatic nitrogens is 1. The fourth-order valence-electron chi connectivity index (χ4n) is 1.64. The largest absolute Gasteiger partial charge is 0.473 e. The topological polar surface area (TPSA) is 34.6 Å². The van der Waals surface area contributed by atoms with Crippen LogP contribution in [0.5, 0.6) is 5.88 Å². The van der Waals surface area contributed by atoms with Crippen LogP contribution < -0.4 is 4.74 Å². The van der Waals surface area contributed by atoms with Gasteiger partial charge in [0.15, 0.2) is 0 Å². The number of hydrogen-bond acceptors (Lipinski definition) is 3. The van der Waals surface area contributed by atoms with E-state index in [-0.39, 0.29) is 6.10 Å². The van der Waals surface area contributed by atoms with Gasteiger partial charge >= 0.3 is 0 Å². The summed E-state index contributed by atoms with van der Waals surface area (Å²) in [5, 5.41) is 0. The van der Waals surface area contributed by atoms with Crippen LogP contribution in [0.2, 0.25) is 0 Å². The smallest absolute Gasteiger partial charge is 0.213 e. The first-order chi connectivity index (χ1) is 8.42. The van der Waals surface area contributed by atoms with Crippen molar-refractivity contribution < 1.29 is 9.47 Å². The zero-order chi connectivity index (χ0) is 11.5. The highest BCUT2D eigenvalue weighted by atomic mass is 16.6. The van der Waals surface area contributed by atoms with E-state index < -0.39 is 0 Å². The summed E-state index contributed by atoms with van der Waals surface area (Å²) in [6.07, 6.45) is 2.07. The van der Waals surface area contributed by atoms with Crippen molar-refractivity contribution in [3.8, 4) is 5.88 Å². The van der Waals surface area contributed by atoms with E-state index in [2.05, 4.69) is 4.98 Å². The Morgan fingerprint density at radius 3 is 2.65 bits per heavy atom. The molecular weight excluding hydrogens is 214 g/mol. The number of epoxide rings is 1. The lowest BCUT2D eigenvalue weighted by Crippen LogP contribution is -1.97. The molecule has 86 valence electrons. The molecule has 0 aliphatic carbocycles. The van der Waals surface area contributed by atoms with Crippen molar-refractivity contribution in [2.24, 2.45) is 0 Å². The summed E-state index contributed by atoms with van der Waals surface area (Å²) in [5.41, 5.74) is 2.26. The minimum Gasteiger partial charge on any atom is -0.473 e. The fourth-order valence-corrected chi connectivity index (χ4v) is 1.64. The predicted molar refractivity (Wildman–Crippen MR) is 63.7 cm³/mol. The van der Waals surface area contributed by atoms with Crippen molar-refractivity contribution in [3.05, 3.63) is 59.8 Å². The highest BCUT2D eigenvalue weighted by Crippen LogP contribution is 2.29. The molecular formula is C14H13NO2. The molecule has 0 amide bonds. The van der Waals surface area contributed by atoms with E-state index in [1.807, 2.05) is 48.7 Å². The van der Waals surface area contributed by atoms with E-state index in [0.29, 0.717) is 12.5 Å². The van der Waals surface area contributed by atoms with E-state index in [9.17, 15) is 0 Å². The van der Waals surface area contributed by atoms with Crippen LogP contribution in [0.3, 0.4) is 0 Å². The van der Waals surface area contributed by atoms with E-state index in [0.717, 1.165) is 17.7 Å². The first kappa shape index (κ1) is 10.3. The lowest BCUT2D eigenvalue weighted by molar-refractivity contribution is 0.293. The van der Waals surface area contributed by atoms with Gasteiger partial charge in [-0.3, -0.25) is 0 Å². The van der Waals surface area contributed by atoms with Crippen molar-refractivity contribution in [2.45, 2.75) is 12.7 Å². The molecule has 17 heavy (non-hydrogen) atoms. The summed E-state index contributed by atoms with van der Waals surface area (Å²) in [4.78, 5) is 4.25. The van der Waals surface area contributed by atoms with Gasteiger partial charge in [0.05, 0.1) is 6.61 Å². The number of benzene rings is 1. The molecule has 2 aromatic rings. The van der Waals surface area contributed by atoms with Crippen LogP contribution in [0, 0.1) is 0 Å². The van der Waals surface area contributed by atoms with Crippen molar-refractivity contribution >= 4 is 0 Å². The quantitative estimate of drug-likeness (QED) is 0.753. The van der Waals surface area contributed by atoms with Gasteiger partial charge in [0, 0.05) is 17.8 Å². The zero-order valence-electron chi connectivity index (χ0n) is 9.37. The average Bonchev–Trinajstić information content (AvgIpc) is 3.23. The molecule has 0 bridgehead atoms. The lowest BCUT2D eigenvalue weighted by atomic mass is 10.2. The third-order valence-electron chi connectivity index (χ3n) is 2.69. The second-order valence-corrected chi connectivity index (χ2v) is 4.03. The Kier molecular flexibility index (Phi) is 2.76. The monoisotopic (exact) mass is 227 g/mol. The zero-order valence-corrected chi connectivity index (χ0v) is 9.37. The molecule has 2 heterocycles. The molecule has 1 unspecified atom stereocenters. The molecule has 3 rings (SSSR count). The molecule has 1 aromatic carbocycles. The van der Waals surface area contributed by atoms with Crippen molar-refractivity contribution in [1.29, 1.82) is 0 Å². The first-order valence-corrected chi connectivity index (χ1v) is 5.66. The van der Waals surface area contributed by atoms with Crippen molar-refractivity contribution in [2.75, 3.05) is 6.61 Å². The molecule has 3 nitrogen and oxygen atoms in total. The van der Waals surface area contributed by atoms with Crippen LogP contribution in [0.15, 0.2) is 48.7 Å². The summed E-state index contributed by atoms with van der Waals surface area (Å²) in [6.45, 7) is 1.36. The van der Waals surface area contributed by atoms with Gasteiger partial charge in [-0.05, 0) is 11.6 Å². The number of ether oxygens (including phenoxy) is 2. The molecule has 3 heteroatoms. The minimum absolute atomic E-state index is 0.255. The molecule has 1 aliphatic heterocycles. The molecule has 1 aromatic heterocycles. The summed E-state index contributed by atoms with van der Waals surface area (Å²) < 4.78 is 10.8. The molecule has 1 fully saturated rings. The Labute approximate surface area is 100 Å². The van der Waals surface area contributed by atoms with Crippen molar-refractivity contribution in [3.63, 3.8) is 0 Å². The summed E-state index contributed by atoms with van der Waals surface area (Å²) in [6, 6.07) is 14.0. The van der Waals surface area contributed by atoms with Gasteiger partial charge in [0.25, 0.3) is 0 Å². The van der Waals surface area contributed by atoms with E-state index in [1.165, 1.54) is 0 Å². The normalized spacial score (nSPS) is 17.8. The van der Waals surface area contributed by atoms with Gasteiger partial charge in [-0.25, -0.2) is 4.98 Å². The molecule has 1 aliphatic rings. The predicted octanol–water partition coefficient (Wildman–Crippen LogP) is 2.73. The molecule has 1 saturated heterocycles. The van der Waals surface area contributed by atoms with Gasteiger partial charge < -0.3 is 9.47 Å². The Balaban J connectivity index is 1.61. The van der Waals surface area contributed by atoms with E-state index >= 15 is 0 Å². The fraction of sp³-hybridized carbons (Fsp3) is 0.214. The highest BCUT2D eigenvalue weighted by Gasteiger charge is 2.24. The standard InChI is InChI=1S/C14H13NO2/c1-2-4-11(5-3-1)9-17-14-7-6-12(8-15-14)13-10-16-13/h1-8,13H,9-10H2. The van der Waals surface area contributed by atoms with Crippen LogP contribution in [-0.2, 0) is 11.3 Å². The van der Waals surface area contributed by atoms with Gasteiger partial charge in [-0.15, -0.1) is 0 Å². The van der Waals surface area contributed by atoms with Gasteiger partial charge in [0.2, 0.25) is 5.88 Å². The molecule has 0 radical (unpaired) electrons. The summed E-state index contributed by atoms with van der Waals surface area (Å²) >= 11 is 0. The number of nitrogens with zero attached hydrogens (tertiary/aromatic N) is 1. The highest BCUT2D eigenvalue weighted by molar-refractivity contribution is 5.22. The summed E-state index contributed by atoms with van der Waals surface area (Å²) in [5.74, 6) is 0.651. The molecule has 0 saturated carbocycles. The lowest BCUT2D eigenvalue weighted by Gasteiger charge is -2.05. The molecule has 0 N–H and O–H groups in total. The second kappa shape index (κ2) is 4.55. The molecule has 0 spiro atoms. The van der Waals surface area contributed by atoms with Gasteiger partial charge in [-0.1, -0.05) is 30.3 Å². The SMILES string of the molecule is c1ccc(COc2ccc(C3CO3)cn2)cc1. The van der Waals surface area contributed by atoms with Crippen LogP contribution in [0.1, 0.15) is 17.2 Å². The molecule has 1 atom stereocenters. The number of rotatable bonds is 4.